The lowest BCUT2D eigenvalue weighted by Gasteiger charge is -1.99. The summed E-state index contributed by atoms with van der Waals surface area (Å²) in [4.78, 5) is 3.36. The molecule has 1 aliphatic carbocycles. The quantitative estimate of drug-likeness (QED) is 0.807. The van der Waals surface area contributed by atoms with Crippen molar-refractivity contribution < 1.29 is 4.74 Å². The molecule has 1 saturated carbocycles. The summed E-state index contributed by atoms with van der Waals surface area (Å²) >= 11 is 0. The first-order valence-corrected chi connectivity index (χ1v) is 5.56. The third-order valence-electron chi connectivity index (χ3n) is 2.89. The van der Waals surface area contributed by atoms with E-state index in [1.807, 2.05) is 6.07 Å². The summed E-state index contributed by atoms with van der Waals surface area (Å²) in [6.45, 7) is 1.64. The molecule has 0 saturated heterocycles. The van der Waals surface area contributed by atoms with Crippen molar-refractivity contribution in [3.05, 3.63) is 36.0 Å². The summed E-state index contributed by atoms with van der Waals surface area (Å²) in [5.41, 5.74) is 2.37. The van der Waals surface area contributed by atoms with Gasteiger partial charge in [-0.3, -0.25) is 0 Å². The van der Waals surface area contributed by atoms with Gasteiger partial charge in [-0.15, -0.1) is 0 Å². The van der Waals surface area contributed by atoms with Gasteiger partial charge in [-0.1, -0.05) is 18.2 Å². The largest absolute Gasteiger partial charge is 0.375 e. The van der Waals surface area contributed by atoms with E-state index in [0.29, 0.717) is 6.61 Å². The standard InChI is InChI=1S/C13H15NO/c1-2-4-13-11(3-1)7-12(14-13)9-15-8-10-5-6-10/h1-4,7,10,14H,5-6,8-9H2. The van der Waals surface area contributed by atoms with Crippen molar-refractivity contribution in [3.63, 3.8) is 0 Å². The molecule has 2 heteroatoms. The Bertz CT molecular complexity index is 423. The normalized spacial score (nSPS) is 16.0. The molecule has 1 heterocycles. The number of hydrogen-bond acceptors (Lipinski definition) is 1. The molecule has 1 fully saturated rings. The zero-order valence-corrected chi connectivity index (χ0v) is 8.70. The van der Waals surface area contributed by atoms with Crippen LogP contribution in [0.4, 0.5) is 0 Å². The van der Waals surface area contributed by atoms with Crippen molar-refractivity contribution in [1.82, 2.24) is 4.98 Å². The molecular formula is C13H15NO. The van der Waals surface area contributed by atoms with Gasteiger partial charge in [-0.25, -0.2) is 0 Å². The first-order valence-electron chi connectivity index (χ1n) is 5.56. The maximum absolute atomic E-state index is 5.64. The van der Waals surface area contributed by atoms with Gasteiger partial charge in [0.05, 0.1) is 6.61 Å². The Hall–Kier alpha value is -1.28. The van der Waals surface area contributed by atoms with Gasteiger partial charge in [-0.2, -0.15) is 0 Å². The zero-order chi connectivity index (χ0) is 10.1. The van der Waals surface area contributed by atoms with E-state index >= 15 is 0 Å². The summed E-state index contributed by atoms with van der Waals surface area (Å²) < 4.78 is 5.64. The minimum atomic E-state index is 0.713. The molecule has 15 heavy (non-hydrogen) atoms. The van der Waals surface area contributed by atoms with E-state index in [4.69, 9.17) is 4.74 Å². The molecule has 78 valence electrons. The van der Waals surface area contributed by atoms with Gasteiger partial charge in [0.25, 0.3) is 0 Å². The van der Waals surface area contributed by atoms with Crippen LogP contribution in [0.25, 0.3) is 10.9 Å². The smallest absolute Gasteiger partial charge is 0.0866 e. The van der Waals surface area contributed by atoms with E-state index in [1.54, 1.807) is 0 Å². The van der Waals surface area contributed by atoms with Crippen LogP contribution in [0.5, 0.6) is 0 Å². The molecular weight excluding hydrogens is 186 g/mol. The molecule has 1 aromatic carbocycles. The minimum Gasteiger partial charge on any atom is -0.375 e. The fraction of sp³-hybridized carbons (Fsp3) is 0.385. The van der Waals surface area contributed by atoms with Crippen LogP contribution in [0.2, 0.25) is 0 Å². The molecule has 0 unspecified atom stereocenters. The first kappa shape index (κ1) is 8.98. The molecule has 0 radical (unpaired) electrons. The van der Waals surface area contributed by atoms with Gasteiger partial charge in [-0.05, 0) is 36.3 Å². The third-order valence-corrected chi connectivity index (χ3v) is 2.89. The molecule has 1 aromatic heterocycles. The van der Waals surface area contributed by atoms with Gasteiger partial charge in [0, 0.05) is 17.8 Å². The molecule has 2 nitrogen and oxygen atoms in total. The topological polar surface area (TPSA) is 25.0 Å². The molecule has 0 spiro atoms. The number of benzene rings is 1. The summed E-state index contributed by atoms with van der Waals surface area (Å²) in [6.07, 6.45) is 2.71. The van der Waals surface area contributed by atoms with Crippen molar-refractivity contribution in [2.75, 3.05) is 6.61 Å². The number of hydrogen-bond donors (Lipinski definition) is 1. The van der Waals surface area contributed by atoms with Crippen LogP contribution in [0.3, 0.4) is 0 Å². The Morgan fingerprint density at radius 2 is 2.13 bits per heavy atom. The molecule has 0 aliphatic heterocycles. The summed E-state index contributed by atoms with van der Waals surface area (Å²) in [5.74, 6) is 0.842. The number of para-hydroxylation sites is 1. The average molecular weight is 201 g/mol. The molecule has 0 amide bonds. The van der Waals surface area contributed by atoms with Gasteiger partial charge in [0.2, 0.25) is 0 Å². The summed E-state index contributed by atoms with van der Waals surface area (Å²) in [5, 5.41) is 1.27. The van der Waals surface area contributed by atoms with Crippen molar-refractivity contribution in [2.45, 2.75) is 19.4 Å². The van der Waals surface area contributed by atoms with E-state index in [1.165, 1.54) is 29.4 Å². The number of aromatic amines is 1. The number of aromatic nitrogens is 1. The van der Waals surface area contributed by atoms with E-state index < -0.39 is 0 Å². The lowest BCUT2D eigenvalue weighted by atomic mass is 10.2. The number of rotatable bonds is 4. The van der Waals surface area contributed by atoms with E-state index in [9.17, 15) is 0 Å². The van der Waals surface area contributed by atoms with Crippen LogP contribution in [0, 0.1) is 5.92 Å². The van der Waals surface area contributed by atoms with Crippen LogP contribution < -0.4 is 0 Å². The van der Waals surface area contributed by atoms with Crippen LogP contribution >= 0.6 is 0 Å². The molecule has 1 N–H and O–H groups in total. The van der Waals surface area contributed by atoms with Gasteiger partial charge in [0.1, 0.15) is 0 Å². The second kappa shape index (κ2) is 3.70. The van der Waals surface area contributed by atoms with Crippen molar-refractivity contribution in [3.8, 4) is 0 Å². The Balaban J connectivity index is 1.68. The van der Waals surface area contributed by atoms with Crippen LogP contribution in [0.15, 0.2) is 30.3 Å². The highest BCUT2D eigenvalue weighted by Crippen LogP contribution is 2.29. The Morgan fingerprint density at radius 1 is 1.27 bits per heavy atom. The van der Waals surface area contributed by atoms with Crippen LogP contribution in [0.1, 0.15) is 18.5 Å². The Labute approximate surface area is 89.3 Å². The lowest BCUT2D eigenvalue weighted by Crippen LogP contribution is -1.96. The molecule has 3 rings (SSSR count). The highest BCUT2D eigenvalue weighted by molar-refractivity contribution is 5.80. The maximum atomic E-state index is 5.64. The molecule has 2 aromatic rings. The first-order chi connectivity index (χ1) is 7.42. The monoisotopic (exact) mass is 201 g/mol. The van der Waals surface area contributed by atoms with E-state index in [-0.39, 0.29) is 0 Å². The average Bonchev–Trinajstić information content (AvgIpc) is 2.97. The minimum absolute atomic E-state index is 0.713. The maximum Gasteiger partial charge on any atom is 0.0866 e. The van der Waals surface area contributed by atoms with Crippen molar-refractivity contribution in [2.24, 2.45) is 5.92 Å². The number of ether oxygens (including phenoxy) is 1. The molecule has 0 bridgehead atoms. The Kier molecular flexibility index (Phi) is 2.22. The van der Waals surface area contributed by atoms with Crippen LogP contribution in [-0.2, 0) is 11.3 Å². The van der Waals surface area contributed by atoms with Gasteiger partial charge < -0.3 is 9.72 Å². The fourth-order valence-corrected chi connectivity index (χ4v) is 1.83. The SMILES string of the molecule is c1ccc2[nH]c(COCC3CC3)cc2c1. The molecule has 1 aliphatic rings. The van der Waals surface area contributed by atoms with Gasteiger partial charge >= 0.3 is 0 Å². The number of nitrogens with one attached hydrogen (secondary N) is 1. The lowest BCUT2D eigenvalue weighted by molar-refractivity contribution is 0.109. The third kappa shape index (κ3) is 2.05. The molecule has 0 atom stereocenters. The number of H-pyrrole nitrogens is 1. The second-order valence-electron chi connectivity index (χ2n) is 4.34. The van der Waals surface area contributed by atoms with Crippen molar-refractivity contribution in [1.29, 1.82) is 0 Å². The predicted octanol–water partition coefficient (Wildman–Crippen LogP) is 3.09. The van der Waals surface area contributed by atoms with Crippen molar-refractivity contribution >= 4 is 10.9 Å². The highest BCUT2D eigenvalue weighted by atomic mass is 16.5. The predicted molar refractivity (Wildman–Crippen MR) is 60.7 cm³/mol. The van der Waals surface area contributed by atoms with E-state index in [2.05, 4.69) is 29.2 Å². The second-order valence-corrected chi connectivity index (χ2v) is 4.34. The van der Waals surface area contributed by atoms with Gasteiger partial charge in [0.15, 0.2) is 0 Å². The van der Waals surface area contributed by atoms with Crippen LogP contribution in [-0.4, -0.2) is 11.6 Å². The summed E-state index contributed by atoms with van der Waals surface area (Å²) in [7, 11) is 0. The van der Waals surface area contributed by atoms with E-state index in [0.717, 1.165) is 12.5 Å². The summed E-state index contributed by atoms with van der Waals surface area (Å²) in [6, 6.07) is 10.5. The zero-order valence-electron chi connectivity index (χ0n) is 8.70. The fourth-order valence-electron chi connectivity index (χ4n) is 1.83. The Morgan fingerprint density at radius 3 is 2.93 bits per heavy atom. The number of fused-ring (bicyclic) bond motifs is 1. The highest BCUT2D eigenvalue weighted by Gasteiger charge is 2.21.